The fourth-order valence-electron chi connectivity index (χ4n) is 2.34. The first-order chi connectivity index (χ1) is 11.6. The molecule has 1 aromatic carbocycles. The number of nitrogens with zero attached hydrogens (tertiary/aromatic N) is 2. The molecule has 0 aromatic heterocycles. The van der Waals surface area contributed by atoms with E-state index in [0.717, 1.165) is 0 Å². The number of H-pyrrole nitrogens is 1. The number of nitrogens with one attached hydrogen (secondary N) is 1. The van der Waals surface area contributed by atoms with E-state index >= 15 is 0 Å². The molecule has 0 saturated heterocycles. The molecule has 2 heterocycles. The Labute approximate surface area is 136 Å². The Morgan fingerprint density at radius 3 is 2.96 bits per heavy atom. The maximum absolute atomic E-state index is 12.0. The second kappa shape index (κ2) is 6.55. The summed E-state index contributed by atoms with van der Waals surface area (Å²) in [5.74, 6) is -0.0307. The highest BCUT2D eigenvalue weighted by Crippen LogP contribution is 2.24. The number of methoxy groups -OCH3 is 1. The minimum atomic E-state index is -0.589. The van der Waals surface area contributed by atoms with Crippen molar-refractivity contribution in [3.63, 3.8) is 0 Å². The Morgan fingerprint density at radius 2 is 2.21 bits per heavy atom. The van der Waals surface area contributed by atoms with Crippen LogP contribution in [-0.4, -0.2) is 46.2 Å². The number of aromatic nitrogens is 3. The lowest BCUT2D eigenvalue weighted by atomic mass is 10.1. The fourth-order valence-corrected chi connectivity index (χ4v) is 2.34. The highest BCUT2D eigenvalue weighted by Gasteiger charge is 2.22. The number of carbonyl (C=O) groups is 1. The molecular formula is C16H15N3O5. The van der Waals surface area contributed by atoms with Crippen molar-refractivity contribution in [3.05, 3.63) is 52.6 Å². The van der Waals surface area contributed by atoms with Crippen molar-refractivity contribution < 1.29 is 19.4 Å². The zero-order chi connectivity index (χ0) is 17.1. The first-order valence-electron chi connectivity index (χ1n) is 7.17. The van der Waals surface area contributed by atoms with Crippen molar-refractivity contribution in [1.82, 2.24) is 14.8 Å². The van der Waals surface area contributed by atoms with Gasteiger partial charge in [-0.1, -0.05) is 6.07 Å². The minimum absolute atomic E-state index is 0.0929. The lowest BCUT2D eigenvalue weighted by molar-refractivity contribution is 0.0600. The van der Waals surface area contributed by atoms with E-state index in [1.165, 1.54) is 7.11 Å². The molecule has 0 saturated carbocycles. The number of esters is 1. The van der Waals surface area contributed by atoms with E-state index in [2.05, 4.69) is 10.2 Å². The third kappa shape index (κ3) is 2.86. The maximum atomic E-state index is 12.0. The molecule has 24 heavy (non-hydrogen) atoms. The smallest absolute Gasteiger partial charge is 0.341 e. The van der Waals surface area contributed by atoms with Crippen LogP contribution in [0.15, 0.2) is 41.5 Å². The summed E-state index contributed by atoms with van der Waals surface area (Å²) in [6.45, 7) is 0.0807. The fraction of sp³-hybridized carbons (Fsp3) is 0.188. The van der Waals surface area contributed by atoms with Crippen LogP contribution in [0.25, 0.3) is 16.9 Å². The quantitative estimate of drug-likeness (QED) is 0.671. The molecule has 0 bridgehead atoms. The molecule has 0 radical (unpaired) electrons. The topological polar surface area (TPSA) is 106 Å². The SMILES string of the molecule is COC(=O)c1cn(-c2cccc(OCCO)c2)cc2c(=O)[nH]nc1-2. The summed E-state index contributed by atoms with van der Waals surface area (Å²) in [5, 5.41) is 15.0. The highest BCUT2D eigenvalue weighted by molar-refractivity contribution is 5.96. The van der Waals surface area contributed by atoms with Crippen LogP contribution in [-0.2, 0) is 4.74 Å². The van der Waals surface area contributed by atoms with Gasteiger partial charge in [0.2, 0.25) is 0 Å². The summed E-state index contributed by atoms with van der Waals surface area (Å²) >= 11 is 0. The monoisotopic (exact) mass is 329 g/mol. The van der Waals surface area contributed by atoms with Gasteiger partial charge in [-0.3, -0.25) is 4.79 Å². The van der Waals surface area contributed by atoms with Crippen LogP contribution in [0, 0.1) is 0 Å². The predicted molar refractivity (Wildman–Crippen MR) is 84.7 cm³/mol. The zero-order valence-corrected chi connectivity index (χ0v) is 12.9. The van der Waals surface area contributed by atoms with Gasteiger partial charge in [0.1, 0.15) is 23.6 Å². The second-order valence-corrected chi connectivity index (χ2v) is 4.96. The van der Waals surface area contributed by atoms with E-state index in [1.807, 2.05) is 0 Å². The first kappa shape index (κ1) is 15.8. The van der Waals surface area contributed by atoms with Crippen LogP contribution in [0.1, 0.15) is 10.4 Å². The zero-order valence-electron chi connectivity index (χ0n) is 12.9. The largest absolute Gasteiger partial charge is 0.491 e. The summed E-state index contributed by atoms with van der Waals surface area (Å²) in [4.78, 5) is 23.9. The van der Waals surface area contributed by atoms with Crippen molar-refractivity contribution >= 4 is 5.97 Å². The van der Waals surface area contributed by atoms with Gasteiger partial charge in [-0.15, -0.1) is 0 Å². The van der Waals surface area contributed by atoms with Gasteiger partial charge in [0.15, 0.2) is 0 Å². The number of benzene rings is 1. The van der Waals surface area contributed by atoms with E-state index < -0.39 is 11.5 Å². The molecule has 0 amide bonds. The van der Waals surface area contributed by atoms with E-state index in [4.69, 9.17) is 14.6 Å². The van der Waals surface area contributed by atoms with Gasteiger partial charge >= 0.3 is 5.97 Å². The average Bonchev–Trinajstić information content (AvgIpc) is 3.00. The molecule has 2 aliphatic rings. The number of aromatic amines is 1. The van der Waals surface area contributed by atoms with Gasteiger partial charge in [0.25, 0.3) is 5.56 Å². The van der Waals surface area contributed by atoms with Gasteiger partial charge in [0, 0.05) is 24.1 Å². The lowest BCUT2D eigenvalue weighted by Crippen LogP contribution is -2.11. The number of aliphatic hydroxyl groups excluding tert-OH is 1. The maximum Gasteiger partial charge on any atom is 0.341 e. The Morgan fingerprint density at radius 1 is 1.38 bits per heavy atom. The third-order valence-electron chi connectivity index (χ3n) is 3.44. The number of pyridine rings is 1. The van der Waals surface area contributed by atoms with Gasteiger partial charge in [-0.2, -0.15) is 5.10 Å². The molecule has 0 spiro atoms. The second-order valence-electron chi connectivity index (χ2n) is 4.96. The van der Waals surface area contributed by atoms with Crippen molar-refractivity contribution in [2.75, 3.05) is 20.3 Å². The summed E-state index contributed by atoms with van der Waals surface area (Å²) in [6, 6.07) is 7.04. The van der Waals surface area contributed by atoms with Crippen LogP contribution >= 0.6 is 0 Å². The molecule has 3 rings (SSSR count). The summed E-state index contributed by atoms with van der Waals surface area (Å²) in [7, 11) is 1.26. The van der Waals surface area contributed by atoms with Crippen LogP contribution < -0.4 is 10.3 Å². The summed E-state index contributed by atoms with van der Waals surface area (Å²) in [6.07, 6.45) is 3.12. The van der Waals surface area contributed by atoms with E-state index in [0.29, 0.717) is 11.4 Å². The number of carbonyl (C=O) groups excluding carboxylic acids is 1. The average molecular weight is 329 g/mol. The van der Waals surface area contributed by atoms with E-state index in [1.54, 1.807) is 41.2 Å². The van der Waals surface area contributed by atoms with Crippen LogP contribution in [0.3, 0.4) is 0 Å². The standard InChI is InChI=1S/C16H15N3O5/c1-23-16(22)13-9-19(8-12-14(13)17-18-15(12)21)10-3-2-4-11(7-10)24-6-5-20/h2-4,7-9,20H,5-6H2,1H3,(H,18,21). The molecule has 0 atom stereocenters. The molecule has 8 heteroatoms. The Balaban J connectivity index is 2.12. The summed E-state index contributed by atoms with van der Waals surface area (Å²) < 4.78 is 11.8. The Hall–Kier alpha value is -3.13. The molecule has 0 aliphatic carbocycles. The third-order valence-corrected chi connectivity index (χ3v) is 3.44. The number of hydrogen-bond acceptors (Lipinski definition) is 6. The molecule has 0 fully saturated rings. The van der Waals surface area contributed by atoms with E-state index in [9.17, 15) is 9.59 Å². The predicted octanol–water partition coefficient (Wildman–Crippen LogP) is 0.823. The molecular weight excluding hydrogens is 314 g/mol. The van der Waals surface area contributed by atoms with Crippen LogP contribution in [0.5, 0.6) is 5.75 Å². The van der Waals surface area contributed by atoms with Gasteiger partial charge in [0.05, 0.1) is 19.3 Å². The summed E-state index contributed by atoms with van der Waals surface area (Å²) in [5.41, 5.74) is 1.00. The lowest BCUT2D eigenvalue weighted by Gasteiger charge is -2.13. The number of rotatable bonds is 5. The molecule has 2 aliphatic heterocycles. The van der Waals surface area contributed by atoms with Crippen molar-refractivity contribution in [2.24, 2.45) is 0 Å². The van der Waals surface area contributed by atoms with Gasteiger partial charge in [-0.25, -0.2) is 9.89 Å². The number of fused-ring (bicyclic) bond motifs is 1. The van der Waals surface area contributed by atoms with Gasteiger partial charge in [-0.05, 0) is 12.1 Å². The number of hydrogen-bond donors (Lipinski definition) is 2. The number of ether oxygens (including phenoxy) is 2. The number of aliphatic hydroxyl groups is 1. The first-order valence-corrected chi connectivity index (χ1v) is 7.17. The Bertz CT molecular complexity index is 899. The van der Waals surface area contributed by atoms with Gasteiger partial charge < -0.3 is 19.1 Å². The molecule has 8 nitrogen and oxygen atoms in total. The minimum Gasteiger partial charge on any atom is -0.491 e. The molecule has 2 N–H and O–H groups in total. The Kier molecular flexibility index (Phi) is 4.30. The molecule has 0 unspecified atom stereocenters. The highest BCUT2D eigenvalue weighted by atomic mass is 16.5. The van der Waals surface area contributed by atoms with Crippen molar-refractivity contribution in [3.8, 4) is 22.7 Å². The van der Waals surface area contributed by atoms with Crippen LogP contribution in [0.2, 0.25) is 0 Å². The normalized spacial score (nSPS) is 10.8. The molecule has 124 valence electrons. The van der Waals surface area contributed by atoms with Crippen LogP contribution in [0.4, 0.5) is 0 Å². The van der Waals surface area contributed by atoms with E-state index in [-0.39, 0.29) is 30.0 Å². The molecule has 1 aromatic rings. The van der Waals surface area contributed by atoms with Crippen molar-refractivity contribution in [2.45, 2.75) is 0 Å². The van der Waals surface area contributed by atoms with Crippen molar-refractivity contribution in [1.29, 1.82) is 0 Å².